The predicted octanol–water partition coefficient (Wildman–Crippen LogP) is 2.46. The van der Waals surface area contributed by atoms with Crippen LogP contribution in [0.4, 0.5) is 0 Å². The van der Waals surface area contributed by atoms with E-state index < -0.39 is 0 Å². The Morgan fingerprint density at radius 1 is 0.714 bits per heavy atom. The quantitative estimate of drug-likeness (QED) is 0.581. The van der Waals surface area contributed by atoms with Crippen molar-refractivity contribution in [3.8, 4) is 0 Å². The van der Waals surface area contributed by atoms with E-state index in [1.54, 1.807) is 0 Å². The molecular formula is C12H12O2. The number of hydrogen-bond donors (Lipinski definition) is 0. The average molecular weight is 188 g/mol. The molecule has 0 aromatic heterocycles. The Bertz CT molecular complexity index is 313. The van der Waals surface area contributed by atoms with Gasteiger partial charge >= 0.3 is 0 Å². The summed E-state index contributed by atoms with van der Waals surface area (Å²) in [7, 11) is 0. The van der Waals surface area contributed by atoms with Crippen LogP contribution in [0.2, 0.25) is 0 Å². The van der Waals surface area contributed by atoms with Crippen molar-refractivity contribution in [3.63, 3.8) is 0 Å². The lowest BCUT2D eigenvalue weighted by atomic mass is 10.1. The van der Waals surface area contributed by atoms with Crippen LogP contribution in [0, 0.1) is 0 Å². The summed E-state index contributed by atoms with van der Waals surface area (Å²) in [6.07, 6.45) is 10.4. The number of rotatable bonds is 0. The maximum atomic E-state index is 5.52. The van der Waals surface area contributed by atoms with Crippen LogP contribution in [0.25, 0.3) is 0 Å². The fourth-order valence-electron chi connectivity index (χ4n) is 1.97. The van der Waals surface area contributed by atoms with E-state index in [1.807, 2.05) is 0 Å². The topological polar surface area (TPSA) is 18.5 Å². The van der Waals surface area contributed by atoms with E-state index in [1.165, 1.54) is 11.1 Å². The minimum absolute atomic E-state index is 0.810. The summed E-state index contributed by atoms with van der Waals surface area (Å²) >= 11 is 0. The Hall–Kier alpha value is -1.44. The van der Waals surface area contributed by atoms with Crippen molar-refractivity contribution in [3.05, 3.63) is 47.0 Å². The van der Waals surface area contributed by atoms with Gasteiger partial charge in [0, 0.05) is 12.8 Å². The standard InChI is InChI=1S/C12H12O2/c1-3-11-10(6-8-13-11)2-4-12-9(1)5-7-14-12/h1-4H,5-8H2/b3-1-,4-2-,9-1?,10-2?,11-3?,12-4?. The Kier molecular flexibility index (Phi) is 1.72. The fourth-order valence-corrected chi connectivity index (χ4v) is 1.97. The smallest absolute Gasteiger partial charge is 0.122 e. The van der Waals surface area contributed by atoms with Crippen LogP contribution in [0.3, 0.4) is 0 Å². The molecule has 0 aromatic carbocycles. The molecule has 0 unspecified atom stereocenters. The summed E-state index contributed by atoms with van der Waals surface area (Å²) in [4.78, 5) is 0. The van der Waals surface area contributed by atoms with Gasteiger partial charge in [-0.2, -0.15) is 0 Å². The Morgan fingerprint density at radius 2 is 1.21 bits per heavy atom. The average Bonchev–Trinajstić information content (AvgIpc) is 2.75. The first-order valence-corrected chi connectivity index (χ1v) is 5.01. The fraction of sp³-hybridized carbons (Fsp3) is 0.333. The molecule has 14 heavy (non-hydrogen) atoms. The zero-order chi connectivity index (χ0) is 9.38. The largest absolute Gasteiger partial charge is 0.493 e. The molecule has 0 bridgehead atoms. The van der Waals surface area contributed by atoms with Crippen LogP contribution >= 0.6 is 0 Å². The molecule has 72 valence electrons. The summed E-state index contributed by atoms with van der Waals surface area (Å²) < 4.78 is 11.0. The molecule has 2 heteroatoms. The molecule has 0 spiro atoms. The maximum Gasteiger partial charge on any atom is 0.122 e. The summed E-state index contributed by atoms with van der Waals surface area (Å²) in [5.74, 6) is 2.06. The first kappa shape index (κ1) is 7.92. The zero-order valence-electron chi connectivity index (χ0n) is 7.95. The van der Waals surface area contributed by atoms with Crippen molar-refractivity contribution in [2.45, 2.75) is 12.8 Å². The van der Waals surface area contributed by atoms with Gasteiger partial charge in [0.15, 0.2) is 0 Å². The van der Waals surface area contributed by atoms with Crippen molar-refractivity contribution in [1.82, 2.24) is 0 Å². The highest BCUT2D eigenvalue weighted by molar-refractivity contribution is 5.43. The van der Waals surface area contributed by atoms with Crippen LogP contribution in [-0.4, -0.2) is 13.2 Å². The molecule has 1 aliphatic carbocycles. The van der Waals surface area contributed by atoms with Crippen LogP contribution in [0.15, 0.2) is 47.0 Å². The highest BCUT2D eigenvalue weighted by atomic mass is 16.5. The lowest BCUT2D eigenvalue weighted by Gasteiger charge is -2.02. The van der Waals surface area contributed by atoms with Gasteiger partial charge in [-0.15, -0.1) is 0 Å². The van der Waals surface area contributed by atoms with Crippen LogP contribution in [0.5, 0.6) is 0 Å². The number of allylic oxidation sites excluding steroid dienone is 4. The Balaban J connectivity index is 1.99. The van der Waals surface area contributed by atoms with Gasteiger partial charge in [0.1, 0.15) is 11.5 Å². The molecule has 3 aliphatic rings. The third kappa shape index (κ3) is 1.18. The molecular weight excluding hydrogens is 176 g/mol. The first-order chi connectivity index (χ1) is 6.93. The van der Waals surface area contributed by atoms with Gasteiger partial charge in [0.05, 0.1) is 13.2 Å². The highest BCUT2D eigenvalue weighted by Gasteiger charge is 2.17. The maximum absolute atomic E-state index is 5.52. The predicted molar refractivity (Wildman–Crippen MR) is 53.5 cm³/mol. The molecule has 2 nitrogen and oxygen atoms in total. The van der Waals surface area contributed by atoms with E-state index in [0.29, 0.717) is 0 Å². The normalized spacial score (nSPS) is 28.6. The third-order valence-electron chi connectivity index (χ3n) is 2.76. The van der Waals surface area contributed by atoms with Crippen LogP contribution < -0.4 is 0 Å². The lowest BCUT2D eigenvalue weighted by Crippen LogP contribution is -1.86. The summed E-state index contributed by atoms with van der Waals surface area (Å²) in [5, 5.41) is 0. The molecule has 0 radical (unpaired) electrons. The van der Waals surface area contributed by atoms with Crippen molar-refractivity contribution >= 4 is 0 Å². The molecule has 3 rings (SSSR count). The number of ether oxygens (including phenoxy) is 2. The lowest BCUT2D eigenvalue weighted by molar-refractivity contribution is 0.257. The van der Waals surface area contributed by atoms with Crippen molar-refractivity contribution in [1.29, 1.82) is 0 Å². The molecule has 0 amide bonds. The molecule has 0 saturated heterocycles. The van der Waals surface area contributed by atoms with Gasteiger partial charge in [0.2, 0.25) is 0 Å². The second kappa shape index (κ2) is 3.05. The van der Waals surface area contributed by atoms with Crippen molar-refractivity contribution < 1.29 is 9.47 Å². The first-order valence-electron chi connectivity index (χ1n) is 5.01. The molecule has 0 N–H and O–H groups in total. The van der Waals surface area contributed by atoms with Gasteiger partial charge in [-0.1, -0.05) is 12.2 Å². The minimum Gasteiger partial charge on any atom is -0.493 e. The number of hydrogen-bond acceptors (Lipinski definition) is 2. The SMILES string of the molecule is C1=C\C2=C(/C=C\C3=C/1CCO3)CCO2. The monoisotopic (exact) mass is 188 g/mol. The van der Waals surface area contributed by atoms with Gasteiger partial charge in [-0.25, -0.2) is 0 Å². The zero-order valence-corrected chi connectivity index (χ0v) is 7.95. The molecule has 0 saturated carbocycles. The van der Waals surface area contributed by atoms with Gasteiger partial charge in [-0.3, -0.25) is 0 Å². The summed E-state index contributed by atoms with van der Waals surface area (Å²) in [6.45, 7) is 1.62. The second-order valence-electron chi connectivity index (χ2n) is 3.64. The second-order valence-corrected chi connectivity index (χ2v) is 3.64. The van der Waals surface area contributed by atoms with Crippen LogP contribution in [0.1, 0.15) is 12.8 Å². The summed E-state index contributed by atoms with van der Waals surface area (Å²) in [5.41, 5.74) is 2.56. The highest BCUT2D eigenvalue weighted by Crippen LogP contribution is 2.28. The Morgan fingerprint density at radius 3 is 1.71 bits per heavy atom. The third-order valence-corrected chi connectivity index (χ3v) is 2.76. The van der Waals surface area contributed by atoms with E-state index in [0.717, 1.165) is 37.6 Å². The summed E-state index contributed by atoms with van der Waals surface area (Å²) in [6, 6.07) is 0. The van der Waals surface area contributed by atoms with Crippen molar-refractivity contribution in [2.75, 3.05) is 13.2 Å². The van der Waals surface area contributed by atoms with Crippen molar-refractivity contribution in [2.24, 2.45) is 0 Å². The van der Waals surface area contributed by atoms with E-state index >= 15 is 0 Å². The minimum atomic E-state index is 0.810. The van der Waals surface area contributed by atoms with Gasteiger partial charge in [0.25, 0.3) is 0 Å². The molecule has 0 aromatic rings. The molecule has 2 aliphatic heterocycles. The van der Waals surface area contributed by atoms with E-state index in [4.69, 9.17) is 9.47 Å². The van der Waals surface area contributed by atoms with E-state index in [9.17, 15) is 0 Å². The molecule has 0 atom stereocenters. The van der Waals surface area contributed by atoms with E-state index in [-0.39, 0.29) is 0 Å². The molecule has 2 heterocycles. The van der Waals surface area contributed by atoms with Gasteiger partial charge < -0.3 is 9.47 Å². The van der Waals surface area contributed by atoms with Gasteiger partial charge in [-0.05, 0) is 23.3 Å². The Labute approximate surface area is 83.2 Å². The van der Waals surface area contributed by atoms with E-state index in [2.05, 4.69) is 24.3 Å². The molecule has 0 fully saturated rings. The van der Waals surface area contributed by atoms with Crippen LogP contribution in [-0.2, 0) is 9.47 Å².